The number of hydrogen-bond acceptors (Lipinski definition) is 6. The summed E-state index contributed by atoms with van der Waals surface area (Å²) in [6.45, 7) is 2.64. The van der Waals surface area contributed by atoms with Crippen molar-refractivity contribution in [2.24, 2.45) is 0 Å². The summed E-state index contributed by atoms with van der Waals surface area (Å²) in [4.78, 5) is 2.35. The minimum Gasteiger partial charge on any atom is -0.381 e. The van der Waals surface area contributed by atoms with Crippen molar-refractivity contribution >= 4 is 16.5 Å². The first-order valence-corrected chi connectivity index (χ1v) is 6.39. The first-order chi connectivity index (χ1) is 7.79. The Morgan fingerprint density at radius 2 is 2.19 bits per heavy atom. The lowest BCUT2D eigenvalue weighted by atomic mass is 10.1. The van der Waals surface area contributed by atoms with Crippen LogP contribution in [0.25, 0.3) is 0 Å². The smallest absolute Gasteiger partial charge is 0.205 e. The van der Waals surface area contributed by atoms with Gasteiger partial charge in [0.15, 0.2) is 0 Å². The van der Waals surface area contributed by atoms with Crippen LogP contribution in [0.3, 0.4) is 0 Å². The molecule has 1 aliphatic rings. The van der Waals surface area contributed by atoms with E-state index >= 15 is 0 Å². The maximum Gasteiger partial charge on any atom is 0.205 e. The fourth-order valence-electron chi connectivity index (χ4n) is 1.89. The molecule has 1 saturated heterocycles. The molecule has 6 heteroatoms. The summed E-state index contributed by atoms with van der Waals surface area (Å²) in [6, 6.07) is 0.621. The van der Waals surface area contributed by atoms with Crippen molar-refractivity contribution in [2.45, 2.75) is 25.4 Å². The third kappa shape index (κ3) is 2.90. The Morgan fingerprint density at radius 1 is 1.44 bits per heavy atom. The second-order valence-corrected chi connectivity index (χ2v) is 5.07. The topological polar surface area (TPSA) is 50.3 Å². The lowest BCUT2D eigenvalue weighted by molar-refractivity contribution is 0.0406. The Labute approximate surface area is 99.8 Å². The highest BCUT2D eigenvalue weighted by Gasteiger charge is 2.19. The van der Waals surface area contributed by atoms with Crippen molar-refractivity contribution in [1.29, 1.82) is 0 Å². The zero-order valence-corrected chi connectivity index (χ0v) is 10.6. The summed E-state index contributed by atoms with van der Waals surface area (Å²) >= 11 is 1.62. The molecule has 0 spiro atoms. The van der Waals surface area contributed by atoms with Crippen LogP contribution in [-0.4, -0.2) is 48.4 Å². The monoisotopic (exact) mass is 242 g/mol. The van der Waals surface area contributed by atoms with E-state index in [1.807, 2.05) is 7.05 Å². The van der Waals surface area contributed by atoms with E-state index in [4.69, 9.17) is 4.74 Å². The van der Waals surface area contributed by atoms with Crippen molar-refractivity contribution in [2.75, 3.05) is 32.6 Å². The molecular weight excluding hydrogens is 224 g/mol. The Kier molecular flexibility index (Phi) is 4.09. The van der Waals surface area contributed by atoms with E-state index in [0.717, 1.165) is 42.7 Å². The summed E-state index contributed by atoms with van der Waals surface area (Å²) in [6.07, 6.45) is 2.24. The molecule has 0 unspecified atom stereocenters. The van der Waals surface area contributed by atoms with Gasteiger partial charge in [0.1, 0.15) is 5.01 Å². The van der Waals surface area contributed by atoms with Gasteiger partial charge in [0.25, 0.3) is 0 Å². The fraction of sp³-hybridized carbons (Fsp3) is 0.800. The van der Waals surface area contributed by atoms with Crippen LogP contribution in [0.2, 0.25) is 0 Å². The highest BCUT2D eigenvalue weighted by atomic mass is 32.1. The molecule has 0 aromatic carbocycles. The second-order valence-electron chi connectivity index (χ2n) is 4.01. The summed E-state index contributed by atoms with van der Waals surface area (Å²) in [7, 11) is 4.02. The molecule has 16 heavy (non-hydrogen) atoms. The van der Waals surface area contributed by atoms with Crippen LogP contribution in [0.1, 0.15) is 17.8 Å². The van der Waals surface area contributed by atoms with Gasteiger partial charge in [-0.25, -0.2) is 0 Å². The van der Waals surface area contributed by atoms with Gasteiger partial charge in [-0.3, -0.25) is 4.90 Å². The van der Waals surface area contributed by atoms with E-state index in [1.54, 1.807) is 11.3 Å². The van der Waals surface area contributed by atoms with Crippen LogP contribution in [0.15, 0.2) is 0 Å². The maximum absolute atomic E-state index is 5.36. The number of ether oxygens (including phenoxy) is 1. The van der Waals surface area contributed by atoms with E-state index in [1.165, 1.54) is 0 Å². The van der Waals surface area contributed by atoms with Crippen molar-refractivity contribution in [3.05, 3.63) is 5.01 Å². The lowest BCUT2D eigenvalue weighted by Gasteiger charge is -2.30. The summed E-state index contributed by atoms with van der Waals surface area (Å²) in [5, 5.41) is 13.2. The molecule has 0 bridgehead atoms. The van der Waals surface area contributed by atoms with E-state index in [9.17, 15) is 0 Å². The van der Waals surface area contributed by atoms with E-state index in [-0.39, 0.29) is 0 Å². The largest absolute Gasteiger partial charge is 0.381 e. The summed E-state index contributed by atoms with van der Waals surface area (Å²) in [5.41, 5.74) is 0. The van der Waals surface area contributed by atoms with Gasteiger partial charge in [-0.1, -0.05) is 11.3 Å². The summed E-state index contributed by atoms with van der Waals surface area (Å²) < 4.78 is 5.36. The molecule has 0 amide bonds. The molecule has 1 aromatic rings. The van der Waals surface area contributed by atoms with Gasteiger partial charge >= 0.3 is 0 Å². The van der Waals surface area contributed by atoms with E-state index < -0.39 is 0 Å². The Morgan fingerprint density at radius 3 is 2.81 bits per heavy atom. The molecular formula is C10H18N4OS. The zero-order valence-electron chi connectivity index (χ0n) is 9.77. The van der Waals surface area contributed by atoms with Gasteiger partial charge in [-0.2, -0.15) is 0 Å². The predicted molar refractivity (Wildman–Crippen MR) is 64.8 cm³/mol. The van der Waals surface area contributed by atoms with Crippen LogP contribution < -0.4 is 5.32 Å². The highest BCUT2D eigenvalue weighted by Crippen LogP contribution is 2.19. The molecule has 5 nitrogen and oxygen atoms in total. The van der Waals surface area contributed by atoms with Crippen LogP contribution in [-0.2, 0) is 11.3 Å². The van der Waals surface area contributed by atoms with Crippen LogP contribution in [0.5, 0.6) is 0 Å². The highest BCUT2D eigenvalue weighted by molar-refractivity contribution is 7.15. The Hall–Kier alpha value is -0.720. The fourth-order valence-corrected chi connectivity index (χ4v) is 2.64. The van der Waals surface area contributed by atoms with E-state index in [2.05, 4.69) is 27.5 Å². The van der Waals surface area contributed by atoms with Crippen LogP contribution in [0.4, 0.5) is 5.13 Å². The minimum atomic E-state index is 0.621. The first kappa shape index (κ1) is 11.8. The molecule has 0 atom stereocenters. The number of nitrogens with zero attached hydrogens (tertiary/aromatic N) is 3. The number of hydrogen-bond donors (Lipinski definition) is 1. The number of aromatic nitrogens is 2. The predicted octanol–water partition coefficient (Wildman–Crippen LogP) is 1.19. The number of rotatable bonds is 4. The standard InChI is InChI=1S/C10H18N4OS/c1-11-10-13-12-9(16-10)7-14(2)8-3-5-15-6-4-8/h8H,3-7H2,1-2H3,(H,11,13). The van der Waals surface area contributed by atoms with Crippen molar-refractivity contribution in [1.82, 2.24) is 15.1 Å². The van der Waals surface area contributed by atoms with Gasteiger partial charge in [-0.15, -0.1) is 10.2 Å². The van der Waals surface area contributed by atoms with Gasteiger partial charge in [-0.05, 0) is 19.9 Å². The molecule has 1 aromatic heterocycles. The normalized spacial score (nSPS) is 17.9. The van der Waals surface area contributed by atoms with Crippen molar-refractivity contribution in [3.8, 4) is 0 Å². The molecule has 1 aliphatic heterocycles. The van der Waals surface area contributed by atoms with Gasteiger partial charge < -0.3 is 10.1 Å². The second kappa shape index (κ2) is 5.56. The SMILES string of the molecule is CNc1nnc(CN(C)C2CCOCC2)s1. The molecule has 90 valence electrons. The zero-order chi connectivity index (χ0) is 11.4. The maximum atomic E-state index is 5.36. The average Bonchev–Trinajstić information content (AvgIpc) is 2.78. The molecule has 0 saturated carbocycles. The first-order valence-electron chi connectivity index (χ1n) is 5.57. The summed E-state index contributed by atoms with van der Waals surface area (Å²) in [5.74, 6) is 0. The molecule has 1 N–H and O–H groups in total. The van der Waals surface area contributed by atoms with Crippen molar-refractivity contribution < 1.29 is 4.74 Å². The van der Waals surface area contributed by atoms with Gasteiger partial charge in [0, 0.05) is 26.3 Å². The van der Waals surface area contributed by atoms with Gasteiger partial charge in [0.05, 0.1) is 6.54 Å². The third-order valence-corrected chi connectivity index (χ3v) is 3.81. The van der Waals surface area contributed by atoms with Crippen LogP contribution in [0, 0.1) is 0 Å². The number of anilines is 1. The molecule has 2 rings (SSSR count). The quantitative estimate of drug-likeness (QED) is 0.859. The van der Waals surface area contributed by atoms with E-state index in [0.29, 0.717) is 6.04 Å². The third-order valence-electron chi connectivity index (χ3n) is 2.88. The Balaban J connectivity index is 1.87. The number of nitrogens with one attached hydrogen (secondary N) is 1. The molecule has 0 aliphatic carbocycles. The van der Waals surface area contributed by atoms with Crippen LogP contribution >= 0.6 is 11.3 Å². The molecule has 0 radical (unpaired) electrons. The Bertz CT molecular complexity index is 324. The minimum absolute atomic E-state index is 0.621. The van der Waals surface area contributed by atoms with Crippen molar-refractivity contribution in [3.63, 3.8) is 0 Å². The molecule has 1 fully saturated rings. The average molecular weight is 242 g/mol. The van der Waals surface area contributed by atoms with Gasteiger partial charge in [0.2, 0.25) is 5.13 Å². The molecule has 2 heterocycles. The lowest BCUT2D eigenvalue weighted by Crippen LogP contribution is -2.36.